The number of carbonyl (C=O) groups is 3. The number of amides is 2. The Balaban J connectivity index is 1.30. The zero-order valence-electron chi connectivity index (χ0n) is 19.6. The Bertz CT molecular complexity index is 1030. The SMILES string of the molecule is O=C(O)CC(O)CNC(=O)C[C@@H]1CCCC[C@@H]1NC(=O)OCC1c2ccccc2-c2ccccc21. The average molecular weight is 481 g/mol. The molecule has 2 aliphatic carbocycles. The van der Waals surface area contributed by atoms with Gasteiger partial charge in [-0.15, -0.1) is 0 Å². The van der Waals surface area contributed by atoms with Gasteiger partial charge in [0.05, 0.1) is 12.5 Å². The number of fused-ring (bicyclic) bond motifs is 3. The molecule has 8 heteroatoms. The largest absolute Gasteiger partial charge is 0.481 e. The van der Waals surface area contributed by atoms with Gasteiger partial charge in [0.15, 0.2) is 0 Å². The predicted octanol–water partition coefficient (Wildman–Crippen LogP) is 3.43. The van der Waals surface area contributed by atoms with Crippen molar-refractivity contribution in [3.63, 3.8) is 0 Å². The fourth-order valence-electron chi connectivity index (χ4n) is 5.25. The fraction of sp³-hybridized carbons (Fsp3) is 0.444. The lowest BCUT2D eigenvalue weighted by molar-refractivity contribution is -0.139. The van der Waals surface area contributed by atoms with Crippen molar-refractivity contribution in [2.75, 3.05) is 13.2 Å². The van der Waals surface area contributed by atoms with E-state index in [-0.39, 0.29) is 43.4 Å². The molecule has 2 aliphatic rings. The lowest BCUT2D eigenvalue weighted by atomic mass is 9.82. The van der Waals surface area contributed by atoms with Gasteiger partial charge in [0.1, 0.15) is 6.61 Å². The molecule has 4 N–H and O–H groups in total. The Morgan fingerprint density at radius 1 is 0.971 bits per heavy atom. The maximum atomic E-state index is 12.7. The van der Waals surface area contributed by atoms with Gasteiger partial charge in [0.25, 0.3) is 0 Å². The first kappa shape index (κ1) is 24.7. The Hall–Kier alpha value is -3.39. The third-order valence-electron chi connectivity index (χ3n) is 6.95. The van der Waals surface area contributed by atoms with Crippen LogP contribution in [-0.4, -0.2) is 53.5 Å². The van der Waals surface area contributed by atoms with Gasteiger partial charge >= 0.3 is 12.1 Å². The third kappa shape index (κ3) is 6.19. The van der Waals surface area contributed by atoms with E-state index in [1.807, 2.05) is 24.3 Å². The molecule has 0 bridgehead atoms. The van der Waals surface area contributed by atoms with Gasteiger partial charge in [-0.05, 0) is 41.0 Å². The number of aliphatic carboxylic acids is 1. The molecular formula is C27H32N2O6. The van der Waals surface area contributed by atoms with Crippen LogP contribution in [0.2, 0.25) is 0 Å². The molecule has 186 valence electrons. The summed E-state index contributed by atoms with van der Waals surface area (Å²) in [5.74, 6) is -1.44. The van der Waals surface area contributed by atoms with Gasteiger partial charge in [-0.25, -0.2) is 4.79 Å². The van der Waals surface area contributed by atoms with Gasteiger partial charge in [-0.2, -0.15) is 0 Å². The van der Waals surface area contributed by atoms with Gasteiger partial charge in [-0.1, -0.05) is 61.4 Å². The molecule has 2 aromatic carbocycles. The van der Waals surface area contributed by atoms with Crippen LogP contribution in [0.25, 0.3) is 11.1 Å². The van der Waals surface area contributed by atoms with Crippen molar-refractivity contribution in [2.24, 2.45) is 5.92 Å². The zero-order valence-corrected chi connectivity index (χ0v) is 19.6. The molecule has 1 unspecified atom stereocenters. The van der Waals surface area contributed by atoms with Gasteiger partial charge in [0.2, 0.25) is 5.91 Å². The highest BCUT2D eigenvalue weighted by Crippen LogP contribution is 2.44. The highest BCUT2D eigenvalue weighted by molar-refractivity contribution is 5.79. The summed E-state index contributed by atoms with van der Waals surface area (Å²) >= 11 is 0. The number of hydrogen-bond donors (Lipinski definition) is 4. The second-order valence-electron chi connectivity index (χ2n) is 9.38. The molecule has 0 aliphatic heterocycles. The van der Waals surface area contributed by atoms with Crippen LogP contribution < -0.4 is 10.6 Å². The molecule has 0 heterocycles. The monoisotopic (exact) mass is 480 g/mol. The highest BCUT2D eigenvalue weighted by Gasteiger charge is 2.31. The lowest BCUT2D eigenvalue weighted by Gasteiger charge is -2.31. The molecule has 2 aromatic rings. The second kappa shape index (κ2) is 11.4. The van der Waals surface area contributed by atoms with E-state index < -0.39 is 24.6 Å². The van der Waals surface area contributed by atoms with E-state index in [1.54, 1.807) is 0 Å². The quantitative estimate of drug-likeness (QED) is 0.436. The van der Waals surface area contributed by atoms with Gasteiger partial charge in [0, 0.05) is 24.9 Å². The summed E-state index contributed by atoms with van der Waals surface area (Å²) in [7, 11) is 0. The molecule has 0 radical (unpaired) electrons. The first-order valence-corrected chi connectivity index (χ1v) is 12.2. The number of carboxylic acid groups (broad SMARTS) is 1. The minimum absolute atomic E-state index is 0.0155. The molecule has 4 rings (SSSR count). The number of carbonyl (C=O) groups excluding carboxylic acids is 2. The summed E-state index contributed by atoms with van der Waals surface area (Å²) in [6.45, 7) is 0.127. The van der Waals surface area contributed by atoms with Crippen molar-refractivity contribution >= 4 is 18.0 Å². The van der Waals surface area contributed by atoms with Crippen LogP contribution in [0.15, 0.2) is 48.5 Å². The van der Waals surface area contributed by atoms with Crippen molar-refractivity contribution in [1.82, 2.24) is 10.6 Å². The summed E-state index contributed by atoms with van der Waals surface area (Å²) in [4.78, 5) is 35.7. The molecule has 3 atom stereocenters. The van der Waals surface area contributed by atoms with Crippen LogP contribution >= 0.6 is 0 Å². The van der Waals surface area contributed by atoms with Crippen molar-refractivity contribution in [3.05, 3.63) is 59.7 Å². The Kier molecular flexibility index (Phi) is 8.02. The van der Waals surface area contributed by atoms with Crippen LogP contribution in [-0.2, 0) is 14.3 Å². The topological polar surface area (TPSA) is 125 Å². The van der Waals surface area contributed by atoms with E-state index in [4.69, 9.17) is 9.84 Å². The van der Waals surface area contributed by atoms with Gasteiger partial charge in [-0.3, -0.25) is 9.59 Å². The maximum Gasteiger partial charge on any atom is 0.407 e. The van der Waals surface area contributed by atoms with Crippen LogP contribution in [0.3, 0.4) is 0 Å². The number of rotatable bonds is 9. The summed E-state index contributed by atoms with van der Waals surface area (Å²) in [6, 6.07) is 16.2. The van der Waals surface area contributed by atoms with E-state index in [9.17, 15) is 19.5 Å². The van der Waals surface area contributed by atoms with Crippen LogP contribution in [0.4, 0.5) is 4.79 Å². The predicted molar refractivity (Wildman–Crippen MR) is 130 cm³/mol. The number of benzene rings is 2. The van der Waals surface area contributed by atoms with Gasteiger partial charge < -0.3 is 25.6 Å². The molecular weight excluding hydrogens is 448 g/mol. The smallest absolute Gasteiger partial charge is 0.407 e. The van der Waals surface area contributed by atoms with Crippen molar-refractivity contribution in [3.8, 4) is 11.1 Å². The number of ether oxygens (including phenoxy) is 1. The molecule has 1 fully saturated rings. The Labute approximate surface area is 204 Å². The summed E-state index contributed by atoms with van der Waals surface area (Å²) in [6.07, 6.45) is 1.68. The van der Waals surface area contributed by atoms with E-state index in [0.717, 1.165) is 36.8 Å². The van der Waals surface area contributed by atoms with E-state index in [1.165, 1.54) is 11.1 Å². The first-order chi connectivity index (χ1) is 16.9. The summed E-state index contributed by atoms with van der Waals surface area (Å²) in [5.41, 5.74) is 4.64. The van der Waals surface area contributed by atoms with Crippen LogP contribution in [0, 0.1) is 5.92 Å². The van der Waals surface area contributed by atoms with Crippen LogP contribution in [0.1, 0.15) is 55.6 Å². The zero-order chi connectivity index (χ0) is 24.8. The maximum absolute atomic E-state index is 12.7. The molecule has 0 saturated heterocycles. The van der Waals surface area contributed by atoms with E-state index >= 15 is 0 Å². The van der Waals surface area contributed by atoms with Crippen molar-refractivity contribution in [1.29, 1.82) is 0 Å². The summed E-state index contributed by atoms with van der Waals surface area (Å²) in [5, 5.41) is 23.9. The number of hydrogen-bond acceptors (Lipinski definition) is 5. The highest BCUT2D eigenvalue weighted by atomic mass is 16.5. The molecule has 0 aromatic heterocycles. The number of alkyl carbamates (subject to hydrolysis) is 1. The standard InChI is InChI=1S/C27H32N2O6/c30-18(14-26(32)33)15-28-25(31)13-17-7-1-6-12-24(17)29-27(34)35-16-23-21-10-4-2-8-19(21)20-9-3-5-11-22(20)23/h2-5,8-11,17-18,23-24,30H,1,6-7,12-16H2,(H,28,31)(H,29,34)(H,32,33)/t17-,18?,24-/m0/s1. The Morgan fingerprint density at radius 3 is 2.26 bits per heavy atom. The normalized spacial score (nSPS) is 19.8. The Morgan fingerprint density at radius 2 is 1.60 bits per heavy atom. The third-order valence-corrected chi connectivity index (χ3v) is 6.95. The van der Waals surface area contributed by atoms with Crippen molar-refractivity contribution < 1.29 is 29.3 Å². The molecule has 8 nitrogen and oxygen atoms in total. The fourth-order valence-corrected chi connectivity index (χ4v) is 5.25. The second-order valence-corrected chi connectivity index (χ2v) is 9.38. The first-order valence-electron chi connectivity index (χ1n) is 12.2. The minimum Gasteiger partial charge on any atom is -0.481 e. The number of nitrogens with one attached hydrogen (secondary N) is 2. The molecule has 1 saturated carbocycles. The number of carboxylic acids is 1. The lowest BCUT2D eigenvalue weighted by Crippen LogP contribution is -2.44. The molecule has 2 amide bonds. The molecule has 0 spiro atoms. The number of aliphatic hydroxyl groups is 1. The van der Waals surface area contributed by atoms with E-state index in [2.05, 4.69) is 34.9 Å². The summed E-state index contributed by atoms with van der Waals surface area (Å²) < 4.78 is 5.67. The van der Waals surface area contributed by atoms with Crippen molar-refractivity contribution in [2.45, 2.75) is 56.6 Å². The number of aliphatic hydroxyl groups excluding tert-OH is 1. The average Bonchev–Trinajstić information content (AvgIpc) is 3.16. The van der Waals surface area contributed by atoms with E-state index in [0.29, 0.717) is 0 Å². The molecule has 35 heavy (non-hydrogen) atoms. The van der Waals surface area contributed by atoms with Crippen LogP contribution in [0.5, 0.6) is 0 Å². The minimum atomic E-state index is -1.13.